The predicted molar refractivity (Wildman–Crippen MR) is 115 cm³/mol. The van der Waals surface area contributed by atoms with Gasteiger partial charge in [-0.05, 0) is 36.8 Å². The number of carbonyl (C=O) groups excluding carboxylic acids is 1. The fourth-order valence-corrected chi connectivity index (χ4v) is 3.76. The molecule has 0 bridgehead atoms. The van der Waals surface area contributed by atoms with E-state index in [0.717, 1.165) is 5.56 Å². The fourth-order valence-electron chi connectivity index (χ4n) is 2.32. The molecule has 0 saturated heterocycles. The first-order valence-electron chi connectivity index (χ1n) is 9.04. The lowest BCUT2D eigenvalue weighted by Gasteiger charge is -2.22. The summed E-state index contributed by atoms with van der Waals surface area (Å²) in [6, 6.07) is 25.2. The van der Waals surface area contributed by atoms with E-state index in [4.69, 9.17) is 25.4 Å². The molecule has 29 heavy (non-hydrogen) atoms. The number of esters is 1. The summed E-state index contributed by atoms with van der Waals surface area (Å²) < 4.78 is 17.2. The number of nitrogens with one attached hydrogen (secondary N) is 1. The van der Waals surface area contributed by atoms with Crippen LogP contribution in [0.15, 0.2) is 84.9 Å². The number of halogens is 1. The lowest BCUT2D eigenvalue weighted by molar-refractivity contribution is -0.146. The predicted octanol–water partition coefficient (Wildman–Crippen LogP) is 5.75. The maximum absolute atomic E-state index is 12.4. The van der Waals surface area contributed by atoms with Crippen LogP contribution in [0.2, 0.25) is 5.02 Å². The van der Waals surface area contributed by atoms with Gasteiger partial charge in [-0.2, -0.15) is 0 Å². The first-order valence-corrected chi connectivity index (χ1v) is 10.6. The number of benzene rings is 3. The van der Waals surface area contributed by atoms with Crippen molar-refractivity contribution in [3.8, 4) is 11.5 Å². The summed E-state index contributed by atoms with van der Waals surface area (Å²) in [6.07, 6.45) is 0. The molecule has 0 radical (unpaired) electrons. The Morgan fingerprint density at radius 1 is 0.931 bits per heavy atom. The molecule has 0 aliphatic carbocycles. The lowest BCUT2D eigenvalue weighted by Crippen LogP contribution is -2.34. The molecule has 7 heteroatoms. The van der Waals surface area contributed by atoms with Crippen LogP contribution in [0.3, 0.4) is 0 Å². The third-order valence-corrected chi connectivity index (χ3v) is 5.48. The Kier molecular flexibility index (Phi) is 7.88. The van der Waals surface area contributed by atoms with Crippen molar-refractivity contribution in [1.82, 2.24) is 5.09 Å². The Bertz CT molecular complexity index is 911. The monoisotopic (exact) mass is 429 g/mol. The topological polar surface area (TPSA) is 56.8 Å². The summed E-state index contributed by atoms with van der Waals surface area (Å²) in [6.45, 7) is 1.90. The van der Waals surface area contributed by atoms with Crippen LogP contribution < -0.4 is 14.1 Å². The van der Waals surface area contributed by atoms with Crippen molar-refractivity contribution >= 4 is 26.1 Å². The molecule has 2 unspecified atom stereocenters. The third kappa shape index (κ3) is 6.75. The van der Waals surface area contributed by atoms with Crippen LogP contribution in [0.25, 0.3) is 0 Å². The van der Waals surface area contributed by atoms with E-state index in [9.17, 15) is 4.79 Å². The van der Waals surface area contributed by atoms with E-state index in [0.29, 0.717) is 16.5 Å². The van der Waals surface area contributed by atoms with Crippen molar-refractivity contribution in [3.05, 3.63) is 95.5 Å². The molecule has 2 atom stereocenters. The van der Waals surface area contributed by atoms with Gasteiger partial charge in [-0.15, -0.1) is 0 Å². The van der Waals surface area contributed by atoms with Crippen LogP contribution in [0.5, 0.6) is 11.5 Å². The second-order valence-corrected chi connectivity index (χ2v) is 7.67. The van der Waals surface area contributed by atoms with Gasteiger partial charge in [0.25, 0.3) is 0 Å². The molecule has 0 saturated carbocycles. The van der Waals surface area contributed by atoms with E-state index in [1.165, 1.54) is 0 Å². The zero-order chi connectivity index (χ0) is 20.5. The molecule has 0 heterocycles. The molecular weight excluding hydrogens is 409 g/mol. The number of ether oxygens (including phenoxy) is 1. The van der Waals surface area contributed by atoms with Gasteiger partial charge in [0.1, 0.15) is 24.1 Å². The molecule has 0 aromatic heterocycles. The minimum absolute atomic E-state index is 0.203. The van der Waals surface area contributed by atoms with E-state index in [-0.39, 0.29) is 6.61 Å². The Balaban J connectivity index is 1.64. The maximum atomic E-state index is 12.4. The minimum atomic E-state index is -1.70. The summed E-state index contributed by atoms with van der Waals surface area (Å²) in [5.74, 6) is 0.678. The van der Waals surface area contributed by atoms with Crippen LogP contribution in [0, 0.1) is 0 Å². The second-order valence-electron chi connectivity index (χ2n) is 6.13. The van der Waals surface area contributed by atoms with Crippen LogP contribution in [-0.4, -0.2) is 12.0 Å². The Morgan fingerprint density at radius 3 is 2.24 bits per heavy atom. The van der Waals surface area contributed by atoms with Crippen molar-refractivity contribution in [2.45, 2.75) is 19.6 Å². The Hall–Kier alpha value is -2.59. The van der Waals surface area contributed by atoms with Gasteiger partial charge >= 0.3 is 14.5 Å². The van der Waals surface area contributed by atoms with Gasteiger partial charge in [-0.25, -0.2) is 5.09 Å². The molecule has 3 rings (SSSR count). The first-order chi connectivity index (χ1) is 14.1. The van der Waals surface area contributed by atoms with Crippen molar-refractivity contribution in [1.29, 1.82) is 0 Å². The highest BCUT2D eigenvalue weighted by atomic mass is 35.5. The maximum Gasteiger partial charge on any atom is 0.382 e. The third-order valence-electron chi connectivity index (χ3n) is 3.83. The number of hydrogen-bond donors (Lipinski definition) is 1. The number of para-hydroxylation sites is 2. The molecule has 0 amide bonds. The van der Waals surface area contributed by atoms with Crippen LogP contribution in [0.1, 0.15) is 12.5 Å². The molecule has 0 spiro atoms. The normalized spacial score (nSPS) is 12.6. The van der Waals surface area contributed by atoms with Gasteiger partial charge < -0.3 is 13.8 Å². The molecule has 1 N–H and O–H groups in total. The zero-order valence-electron chi connectivity index (χ0n) is 15.8. The highest BCUT2D eigenvalue weighted by Gasteiger charge is 2.24. The highest BCUT2D eigenvalue weighted by molar-refractivity contribution is 7.45. The largest absolute Gasteiger partial charge is 0.460 e. The summed E-state index contributed by atoms with van der Waals surface area (Å²) in [7, 11) is -1.70. The van der Waals surface area contributed by atoms with Crippen LogP contribution in [0.4, 0.5) is 0 Å². The average Bonchev–Trinajstić information content (AvgIpc) is 2.75. The van der Waals surface area contributed by atoms with Crippen LogP contribution in [-0.2, 0) is 16.1 Å². The van der Waals surface area contributed by atoms with E-state index >= 15 is 0 Å². The smallest absolute Gasteiger partial charge is 0.382 e. The summed E-state index contributed by atoms with van der Waals surface area (Å²) >= 11 is 6.20. The quantitative estimate of drug-likeness (QED) is 0.347. The van der Waals surface area contributed by atoms with Gasteiger partial charge in [0.2, 0.25) is 0 Å². The van der Waals surface area contributed by atoms with Gasteiger partial charge in [0.15, 0.2) is 0 Å². The molecule has 0 aliphatic heterocycles. The van der Waals surface area contributed by atoms with E-state index in [1.807, 2.05) is 72.8 Å². The molecule has 3 aromatic carbocycles. The fraction of sp³-hybridized carbons (Fsp3) is 0.136. The number of rotatable bonds is 9. The molecular formula is C22H21ClNO4P. The molecule has 5 nitrogen and oxygen atoms in total. The van der Waals surface area contributed by atoms with Crippen molar-refractivity contribution in [2.24, 2.45) is 0 Å². The average molecular weight is 430 g/mol. The molecule has 0 aliphatic rings. The van der Waals surface area contributed by atoms with Crippen molar-refractivity contribution in [3.63, 3.8) is 0 Å². The number of carbonyl (C=O) groups is 1. The Morgan fingerprint density at radius 2 is 1.55 bits per heavy atom. The minimum Gasteiger partial charge on any atom is -0.460 e. The number of hydrogen-bond acceptors (Lipinski definition) is 5. The van der Waals surface area contributed by atoms with Gasteiger partial charge in [-0.1, -0.05) is 72.3 Å². The van der Waals surface area contributed by atoms with E-state index in [1.54, 1.807) is 19.1 Å². The van der Waals surface area contributed by atoms with Crippen LogP contribution >= 0.6 is 20.1 Å². The highest BCUT2D eigenvalue weighted by Crippen LogP contribution is 2.40. The van der Waals surface area contributed by atoms with Gasteiger partial charge in [-0.3, -0.25) is 4.79 Å². The standard InChI is InChI=1S/C22H21ClNO4P/c1-17(22(25)26-16-18-10-4-2-5-11-18)24-29(27-19-12-6-3-7-13-19)28-21-15-9-8-14-20(21)23/h2-15,17,24H,16H2,1H3. The molecule has 150 valence electrons. The molecule has 3 aromatic rings. The van der Waals surface area contributed by atoms with E-state index in [2.05, 4.69) is 5.09 Å². The zero-order valence-corrected chi connectivity index (χ0v) is 17.5. The first kappa shape index (κ1) is 21.1. The lowest BCUT2D eigenvalue weighted by atomic mass is 10.2. The van der Waals surface area contributed by atoms with Crippen molar-refractivity contribution in [2.75, 3.05) is 0 Å². The second kappa shape index (κ2) is 10.8. The van der Waals surface area contributed by atoms with Gasteiger partial charge in [0.05, 0.1) is 5.02 Å². The SMILES string of the molecule is CC(NP(Oc1ccccc1)Oc1ccccc1Cl)C(=O)OCc1ccccc1. The van der Waals surface area contributed by atoms with Gasteiger partial charge in [0, 0.05) is 0 Å². The van der Waals surface area contributed by atoms with Crippen molar-refractivity contribution < 1.29 is 18.6 Å². The molecule has 0 fully saturated rings. The Labute approximate surface area is 176 Å². The summed E-state index contributed by atoms with van der Waals surface area (Å²) in [5.41, 5.74) is 0.920. The summed E-state index contributed by atoms with van der Waals surface area (Å²) in [4.78, 5) is 12.4. The van der Waals surface area contributed by atoms with E-state index < -0.39 is 20.5 Å². The summed E-state index contributed by atoms with van der Waals surface area (Å²) in [5, 5.41) is 3.52.